The van der Waals surface area contributed by atoms with Gasteiger partial charge >= 0.3 is 6.09 Å². The summed E-state index contributed by atoms with van der Waals surface area (Å²) in [5.74, 6) is 2.00. The van der Waals surface area contributed by atoms with Crippen LogP contribution in [0.2, 0.25) is 10.0 Å². The van der Waals surface area contributed by atoms with Gasteiger partial charge in [0.25, 0.3) is 0 Å². The Bertz CT molecular complexity index is 760. The number of halogens is 2. The largest absolute Gasteiger partial charge is 0.444 e. The molecule has 2 aliphatic heterocycles. The second kappa shape index (κ2) is 8.76. The van der Waals surface area contributed by atoms with Crippen LogP contribution in [0.3, 0.4) is 0 Å². The third-order valence-corrected chi connectivity index (χ3v) is 7.47. The van der Waals surface area contributed by atoms with Crippen LogP contribution in [0, 0.1) is 17.8 Å². The lowest BCUT2D eigenvalue weighted by Crippen LogP contribution is -2.47. The smallest absolute Gasteiger partial charge is 0.410 e. The van der Waals surface area contributed by atoms with Gasteiger partial charge in [0, 0.05) is 45.8 Å². The molecule has 0 aromatic heterocycles. The molecule has 1 aromatic rings. The van der Waals surface area contributed by atoms with Gasteiger partial charge in [-0.15, -0.1) is 0 Å². The summed E-state index contributed by atoms with van der Waals surface area (Å²) in [5.41, 5.74) is 0.621. The van der Waals surface area contributed by atoms with Crippen LogP contribution in [-0.4, -0.2) is 67.3 Å². The number of nitrogens with zero attached hydrogens (tertiary/aromatic N) is 3. The van der Waals surface area contributed by atoms with E-state index in [1.54, 1.807) is 0 Å². The van der Waals surface area contributed by atoms with Gasteiger partial charge in [0.15, 0.2) is 0 Å². The van der Waals surface area contributed by atoms with Crippen LogP contribution in [0.15, 0.2) is 18.2 Å². The number of fused-ring (bicyclic) bond motifs is 1. The molecule has 0 spiro atoms. The average Bonchev–Trinajstić information content (AvgIpc) is 3.22. The molecular weight excluding hydrogens is 421 g/mol. The molecule has 7 heteroatoms. The molecule has 1 aliphatic carbocycles. The first kappa shape index (κ1) is 22.0. The highest BCUT2D eigenvalue weighted by molar-refractivity contribution is 6.43. The van der Waals surface area contributed by atoms with Gasteiger partial charge in [-0.3, -0.25) is 4.90 Å². The molecule has 0 N–H and O–H groups in total. The molecule has 3 aliphatic rings. The van der Waals surface area contributed by atoms with Crippen LogP contribution < -0.4 is 4.90 Å². The molecule has 166 valence electrons. The van der Waals surface area contributed by atoms with E-state index < -0.39 is 5.60 Å². The predicted molar refractivity (Wildman–Crippen MR) is 123 cm³/mol. The van der Waals surface area contributed by atoms with Crippen molar-refractivity contribution in [2.75, 3.05) is 50.7 Å². The van der Waals surface area contributed by atoms with Crippen molar-refractivity contribution in [3.63, 3.8) is 0 Å². The minimum atomic E-state index is -0.422. The van der Waals surface area contributed by atoms with Crippen molar-refractivity contribution in [1.82, 2.24) is 9.80 Å². The summed E-state index contributed by atoms with van der Waals surface area (Å²) in [4.78, 5) is 19.2. The number of piperazine rings is 1. The normalized spacial score (nSPS) is 27.4. The standard InChI is InChI=1S/C23H33Cl2N3O2/c1-23(2,3)30-22(29)28-14-17-11-16(12-18(17)15-28)13-26-7-9-27(10-8-26)20-6-4-5-19(24)21(20)25/h4-6,16-18H,7-15H2,1-3H3. The second-order valence-electron chi connectivity index (χ2n) is 10.1. The van der Waals surface area contributed by atoms with Crippen molar-refractivity contribution < 1.29 is 9.53 Å². The zero-order valence-corrected chi connectivity index (χ0v) is 19.8. The van der Waals surface area contributed by atoms with E-state index in [9.17, 15) is 4.79 Å². The Hall–Kier alpha value is -1.17. The molecule has 30 heavy (non-hydrogen) atoms. The summed E-state index contributed by atoms with van der Waals surface area (Å²) < 4.78 is 5.55. The topological polar surface area (TPSA) is 36.0 Å². The number of carbonyl (C=O) groups is 1. The highest BCUT2D eigenvalue weighted by Crippen LogP contribution is 2.42. The number of anilines is 1. The first-order chi connectivity index (χ1) is 14.2. The van der Waals surface area contributed by atoms with Crippen LogP contribution >= 0.6 is 23.2 Å². The van der Waals surface area contributed by atoms with E-state index >= 15 is 0 Å². The van der Waals surface area contributed by atoms with Gasteiger partial charge in [-0.25, -0.2) is 4.79 Å². The van der Waals surface area contributed by atoms with Gasteiger partial charge in [0.2, 0.25) is 0 Å². The quantitative estimate of drug-likeness (QED) is 0.644. The second-order valence-corrected chi connectivity index (χ2v) is 10.9. The van der Waals surface area contributed by atoms with Crippen molar-refractivity contribution in [3.8, 4) is 0 Å². The number of amides is 1. The van der Waals surface area contributed by atoms with Gasteiger partial charge in [-0.1, -0.05) is 29.3 Å². The number of hydrogen-bond acceptors (Lipinski definition) is 4. The van der Waals surface area contributed by atoms with E-state index in [-0.39, 0.29) is 6.09 Å². The minimum Gasteiger partial charge on any atom is -0.444 e. The maximum atomic E-state index is 12.4. The first-order valence-corrected chi connectivity index (χ1v) is 11.8. The Morgan fingerprint density at radius 3 is 2.30 bits per heavy atom. The van der Waals surface area contributed by atoms with Crippen LogP contribution in [0.5, 0.6) is 0 Å². The van der Waals surface area contributed by atoms with Gasteiger partial charge < -0.3 is 14.5 Å². The predicted octanol–water partition coefficient (Wildman–Crippen LogP) is 5.01. The highest BCUT2D eigenvalue weighted by Gasteiger charge is 2.43. The van der Waals surface area contributed by atoms with E-state index in [1.807, 2.05) is 37.8 Å². The highest BCUT2D eigenvalue weighted by atomic mass is 35.5. The molecule has 2 atom stereocenters. The molecular formula is C23H33Cl2N3O2. The fourth-order valence-corrected chi connectivity index (χ4v) is 5.74. The molecule has 4 rings (SSSR count). The molecule has 2 unspecified atom stereocenters. The number of rotatable bonds is 3. The summed E-state index contributed by atoms with van der Waals surface area (Å²) in [5, 5.41) is 1.28. The van der Waals surface area contributed by atoms with E-state index in [0.717, 1.165) is 57.4 Å². The van der Waals surface area contributed by atoms with Crippen LogP contribution in [0.1, 0.15) is 33.6 Å². The number of carbonyl (C=O) groups excluding carboxylic acids is 1. The maximum absolute atomic E-state index is 12.4. The molecule has 0 bridgehead atoms. The summed E-state index contributed by atoms with van der Waals surface area (Å²) in [6.07, 6.45) is 2.30. The zero-order valence-electron chi connectivity index (χ0n) is 18.2. The van der Waals surface area contributed by atoms with Gasteiger partial charge in [-0.2, -0.15) is 0 Å². The van der Waals surface area contributed by atoms with Crippen LogP contribution in [0.4, 0.5) is 10.5 Å². The molecule has 1 aromatic carbocycles. The molecule has 2 heterocycles. The van der Waals surface area contributed by atoms with E-state index in [0.29, 0.717) is 21.9 Å². The summed E-state index contributed by atoms with van der Waals surface area (Å²) in [6, 6.07) is 5.86. The van der Waals surface area contributed by atoms with Gasteiger partial charge in [0.05, 0.1) is 15.7 Å². The summed E-state index contributed by atoms with van der Waals surface area (Å²) >= 11 is 12.6. The Labute approximate surface area is 190 Å². The first-order valence-electron chi connectivity index (χ1n) is 11.1. The average molecular weight is 454 g/mol. The van der Waals surface area contributed by atoms with Gasteiger partial charge in [0.1, 0.15) is 5.60 Å². The Morgan fingerprint density at radius 2 is 1.70 bits per heavy atom. The van der Waals surface area contributed by atoms with Gasteiger partial charge in [-0.05, 0) is 63.5 Å². The number of hydrogen-bond donors (Lipinski definition) is 0. The third-order valence-electron chi connectivity index (χ3n) is 6.66. The number of benzene rings is 1. The van der Waals surface area contributed by atoms with Crippen molar-refractivity contribution >= 4 is 35.0 Å². The molecule has 3 fully saturated rings. The number of likely N-dealkylation sites (tertiary alicyclic amines) is 1. The van der Waals surface area contributed by atoms with E-state index in [1.165, 1.54) is 12.8 Å². The molecule has 5 nitrogen and oxygen atoms in total. The zero-order chi connectivity index (χ0) is 21.5. The fourth-order valence-electron chi connectivity index (χ4n) is 5.32. The Kier molecular flexibility index (Phi) is 6.43. The lowest BCUT2D eigenvalue weighted by Gasteiger charge is -2.37. The molecule has 2 saturated heterocycles. The van der Waals surface area contributed by atoms with E-state index in [2.05, 4.69) is 15.9 Å². The SMILES string of the molecule is CC(C)(C)OC(=O)N1CC2CC(CN3CCN(c4cccc(Cl)c4Cl)CC3)CC2C1. The molecule has 1 amide bonds. The minimum absolute atomic E-state index is 0.149. The monoisotopic (exact) mass is 453 g/mol. The summed E-state index contributed by atoms with van der Waals surface area (Å²) in [6.45, 7) is 12.7. The fraction of sp³-hybridized carbons (Fsp3) is 0.696. The van der Waals surface area contributed by atoms with Crippen molar-refractivity contribution in [3.05, 3.63) is 28.2 Å². The molecule has 0 radical (unpaired) electrons. The van der Waals surface area contributed by atoms with Crippen LogP contribution in [0.25, 0.3) is 0 Å². The number of ether oxygens (including phenoxy) is 1. The lowest BCUT2D eigenvalue weighted by atomic mass is 10.0. The van der Waals surface area contributed by atoms with E-state index in [4.69, 9.17) is 27.9 Å². The van der Waals surface area contributed by atoms with Crippen LogP contribution in [-0.2, 0) is 4.74 Å². The van der Waals surface area contributed by atoms with Crippen molar-refractivity contribution in [2.45, 2.75) is 39.2 Å². The van der Waals surface area contributed by atoms with Crippen molar-refractivity contribution in [1.29, 1.82) is 0 Å². The summed E-state index contributed by atoms with van der Waals surface area (Å²) in [7, 11) is 0. The maximum Gasteiger partial charge on any atom is 0.410 e. The molecule has 1 saturated carbocycles. The Morgan fingerprint density at radius 1 is 1.07 bits per heavy atom. The Balaban J connectivity index is 1.23. The van der Waals surface area contributed by atoms with Crippen molar-refractivity contribution in [2.24, 2.45) is 17.8 Å². The third kappa shape index (κ3) is 5.00. The lowest BCUT2D eigenvalue weighted by molar-refractivity contribution is 0.0276.